The van der Waals surface area contributed by atoms with E-state index in [0.29, 0.717) is 10.8 Å². The van der Waals surface area contributed by atoms with Gasteiger partial charge in [-0.2, -0.15) is 0 Å². The van der Waals surface area contributed by atoms with Crippen molar-refractivity contribution < 1.29 is 0 Å². The van der Waals surface area contributed by atoms with Crippen LogP contribution in [0.1, 0.15) is 73.6 Å². The van der Waals surface area contributed by atoms with Crippen LogP contribution in [-0.2, 0) is 0 Å². The van der Waals surface area contributed by atoms with Crippen LogP contribution >= 0.6 is 0 Å². The largest absolute Gasteiger partial charge is 0.313 e. The summed E-state index contributed by atoms with van der Waals surface area (Å²) in [6, 6.07) is 0.759. The molecule has 1 rings (SSSR count). The minimum absolute atomic E-state index is 0.418. The molecule has 0 aromatic carbocycles. The summed E-state index contributed by atoms with van der Waals surface area (Å²) in [5.74, 6) is 0.747. The van der Waals surface area contributed by atoms with E-state index in [4.69, 9.17) is 0 Å². The molecular weight excluding hydrogens is 206 g/mol. The molecule has 0 bridgehead atoms. The Morgan fingerprint density at radius 2 is 1.82 bits per heavy atom. The molecule has 0 radical (unpaired) electrons. The van der Waals surface area contributed by atoms with E-state index in [1.807, 2.05) is 0 Å². The Kier molecular flexibility index (Phi) is 5.07. The van der Waals surface area contributed by atoms with Gasteiger partial charge >= 0.3 is 0 Å². The Hall–Kier alpha value is -0.0400. The lowest BCUT2D eigenvalue weighted by atomic mass is 9.81. The second-order valence-corrected chi connectivity index (χ2v) is 7.82. The summed E-state index contributed by atoms with van der Waals surface area (Å²) in [5, 5.41) is 3.82. The highest BCUT2D eigenvalue weighted by Crippen LogP contribution is 2.34. The Labute approximate surface area is 109 Å². The summed E-state index contributed by atoms with van der Waals surface area (Å²) in [6.45, 7) is 15.4. The minimum Gasteiger partial charge on any atom is -0.313 e. The molecular formula is C16H33N. The smallest absolute Gasteiger partial charge is 0.00674 e. The van der Waals surface area contributed by atoms with E-state index in [2.05, 4.69) is 46.9 Å². The third-order valence-electron chi connectivity index (χ3n) is 4.99. The zero-order valence-electron chi connectivity index (χ0n) is 12.9. The van der Waals surface area contributed by atoms with Gasteiger partial charge in [-0.05, 0) is 42.4 Å². The second-order valence-electron chi connectivity index (χ2n) is 7.82. The first kappa shape index (κ1) is 15.0. The van der Waals surface area contributed by atoms with Gasteiger partial charge < -0.3 is 5.32 Å². The van der Waals surface area contributed by atoms with Gasteiger partial charge in [0.05, 0.1) is 0 Å². The van der Waals surface area contributed by atoms with Crippen LogP contribution in [0.15, 0.2) is 0 Å². The lowest BCUT2D eigenvalue weighted by Crippen LogP contribution is -2.39. The van der Waals surface area contributed by atoms with E-state index in [0.717, 1.165) is 18.5 Å². The first-order valence-electron chi connectivity index (χ1n) is 7.46. The quantitative estimate of drug-likeness (QED) is 0.706. The van der Waals surface area contributed by atoms with Gasteiger partial charge in [-0.15, -0.1) is 0 Å². The van der Waals surface area contributed by atoms with Crippen molar-refractivity contribution in [1.82, 2.24) is 5.32 Å². The number of nitrogens with one attached hydrogen (secondary N) is 1. The highest BCUT2D eigenvalue weighted by atomic mass is 14.9. The zero-order valence-corrected chi connectivity index (χ0v) is 12.9. The van der Waals surface area contributed by atoms with Gasteiger partial charge in [0.25, 0.3) is 0 Å². The Bertz CT molecular complexity index is 228. The summed E-state index contributed by atoms with van der Waals surface area (Å²) in [4.78, 5) is 0. The van der Waals surface area contributed by atoms with Crippen molar-refractivity contribution in [3.05, 3.63) is 0 Å². The number of rotatable bonds is 4. The normalized spacial score (nSPS) is 25.9. The van der Waals surface area contributed by atoms with Gasteiger partial charge in [-0.3, -0.25) is 0 Å². The van der Waals surface area contributed by atoms with Gasteiger partial charge in [-0.1, -0.05) is 48.0 Å². The third-order valence-corrected chi connectivity index (χ3v) is 4.99. The fraction of sp³-hybridized carbons (Fsp3) is 1.00. The summed E-state index contributed by atoms with van der Waals surface area (Å²) < 4.78 is 0. The molecule has 0 heterocycles. The highest BCUT2D eigenvalue weighted by Gasteiger charge is 2.27. The van der Waals surface area contributed by atoms with Crippen LogP contribution in [0.25, 0.3) is 0 Å². The summed E-state index contributed by atoms with van der Waals surface area (Å²) in [7, 11) is 0. The fourth-order valence-electron chi connectivity index (χ4n) is 2.48. The summed E-state index contributed by atoms with van der Waals surface area (Å²) >= 11 is 0. The average molecular weight is 239 g/mol. The zero-order chi connectivity index (χ0) is 13.1. The molecule has 1 atom stereocenters. The van der Waals surface area contributed by atoms with Crippen LogP contribution in [0.3, 0.4) is 0 Å². The van der Waals surface area contributed by atoms with Crippen molar-refractivity contribution in [3.8, 4) is 0 Å². The predicted octanol–water partition coefficient (Wildman–Crippen LogP) is 4.62. The van der Waals surface area contributed by atoms with E-state index in [1.54, 1.807) is 0 Å². The maximum absolute atomic E-state index is 3.82. The first-order chi connectivity index (χ1) is 7.73. The molecule has 17 heavy (non-hydrogen) atoms. The van der Waals surface area contributed by atoms with Crippen molar-refractivity contribution >= 4 is 0 Å². The summed E-state index contributed by atoms with van der Waals surface area (Å²) in [5.41, 5.74) is 0.992. The van der Waals surface area contributed by atoms with E-state index in [9.17, 15) is 0 Å². The Balaban J connectivity index is 2.38. The number of hydrogen-bond donors (Lipinski definition) is 1. The summed E-state index contributed by atoms with van der Waals surface area (Å²) in [6.07, 6.45) is 6.91. The van der Waals surface area contributed by atoms with Crippen LogP contribution in [0.5, 0.6) is 0 Å². The van der Waals surface area contributed by atoms with E-state index in [-0.39, 0.29) is 0 Å². The molecule has 1 saturated carbocycles. The molecule has 0 spiro atoms. The lowest BCUT2D eigenvalue weighted by Gasteiger charge is -2.32. The third kappa shape index (κ3) is 4.99. The predicted molar refractivity (Wildman–Crippen MR) is 77.3 cm³/mol. The lowest BCUT2D eigenvalue weighted by molar-refractivity contribution is 0.222. The average Bonchev–Trinajstić information content (AvgIpc) is 2.36. The molecule has 1 heteroatoms. The molecule has 0 aromatic rings. The highest BCUT2D eigenvalue weighted by molar-refractivity contribution is 4.82. The van der Waals surface area contributed by atoms with E-state index in [1.165, 1.54) is 32.1 Å². The monoisotopic (exact) mass is 239 g/mol. The molecule has 1 fully saturated rings. The number of hydrogen-bond acceptors (Lipinski definition) is 1. The van der Waals surface area contributed by atoms with Crippen LogP contribution < -0.4 is 5.32 Å². The van der Waals surface area contributed by atoms with Gasteiger partial charge in [-0.25, -0.2) is 0 Å². The topological polar surface area (TPSA) is 12.0 Å². The molecule has 0 amide bonds. The van der Waals surface area contributed by atoms with Crippen LogP contribution in [0, 0.1) is 16.7 Å². The van der Waals surface area contributed by atoms with Crippen molar-refractivity contribution in [1.29, 1.82) is 0 Å². The molecule has 1 unspecified atom stereocenters. The van der Waals surface area contributed by atoms with Crippen molar-refractivity contribution in [2.75, 3.05) is 6.54 Å². The van der Waals surface area contributed by atoms with Crippen LogP contribution in [-0.4, -0.2) is 12.6 Å². The minimum atomic E-state index is 0.418. The van der Waals surface area contributed by atoms with Crippen molar-refractivity contribution in [2.24, 2.45) is 16.7 Å². The van der Waals surface area contributed by atoms with E-state index >= 15 is 0 Å². The Morgan fingerprint density at radius 3 is 2.41 bits per heavy atom. The van der Waals surface area contributed by atoms with Crippen molar-refractivity contribution in [3.63, 3.8) is 0 Å². The first-order valence-corrected chi connectivity index (χ1v) is 7.46. The molecule has 1 nitrogen and oxygen atoms in total. The second kappa shape index (κ2) is 5.73. The van der Waals surface area contributed by atoms with Gasteiger partial charge in [0.2, 0.25) is 0 Å². The molecule has 0 saturated heterocycles. The standard InChI is InChI=1S/C16H33N/c1-13(2)16(5,6)12-17-14-8-7-10-15(3,4)11-9-14/h13-14,17H,7-12H2,1-6H3. The fourth-order valence-corrected chi connectivity index (χ4v) is 2.48. The molecule has 102 valence electrons. The van der Waals surface area contributed by atoms with Crippen LogP contribution in [0.4, 0.5) is 0 Å². The maximum Gasteiger partial charge on any atom is 0.00674 e. The van der Waals surface area contributed by atoms with Gasteiger partial charge in [0.1, 0.15) is 0 Å². The van der Waals surface area contributed by atoms with Gasteiger partial charge in [0.15, 0.2) is 0 Å². The van der Waals surface area contributed by atoms with E-state index < -0.39 is 0 Å². The van der Waals surface area contributed by atoms with Crippen LogP contribution in [0.2, 0.25) is 0 Å². The molecule has 1 aliphatic carbocycles. The van der Waals surface area contributed by atoms with Crippen molar-refractivity contribution in [2.45, 2.75) is 79.7 Å². The van der Waals surface area contributed by atoms with Gasteiger partial charge in [0, 0.05) is 12.6 Å². The molecule has 1 aliphatic rings. The molecule has 0 aromatic heterocycles. The maximum atomic E-state index is 3.82. The molecule has 1 N–H and O–H groups in total. The molecule has 0 aliphatic heterocycles. The SMILES string of the molecule is CC(C)C(C)(C)CNC1CCCC(C)(C)CC1. The Morgan fingerprint density at radius 1 is 1.18 bits per heavy atom.